The Morgan fingerprint density at radius 3 is 2.21 bits per heavy atom. The summed E-state index contributed by atoms with van der Waals surface area (Å²) in [4.78, 5) is 0. The number of hydrogen-bond donors (Lipinski definition) is 0. The van der Waals surface area contributed by atoms with Crippen LogP contribution in [0.2, 0.25) is 0 Å². The Labute approximate surface area is 113 Å². The molecule has 3 rings (SSSR count). The van der Waals surface area contributed by atoms with E-state index in [1.807, 2.05) is 18.2 Å². The molecule has 94 valence electrons. The molecule has 1 aromatic heterocycles. The first kappa shape index (κ1) is 11.8. The fourth-order valence-electron chi connectivity index (χ4n) is 2.30. The summed E-state index contributed by atoms with van der Waals surface area (Å²) in [6.45, 7) is 4.18. The van der Waals surface area contributed by atoms with E-state index in [0.29, 0.717) is 0 Å². The van der Waals surface area contributed by atoms with Crippen LogP contribution in [0.4, 0.5) is 0 Å². The minimum atomic E-state index is 0.931. The number of hydrogen-bond acceptors (Lipinski definition) is 1. The Kier molecular flexibility index (Phi) is 2.96. The zero-order valence-electron chi connectivity index (χ0n) is 11.2. The molecule has 0 radical (unpaired) electrons. The molecule has 2 aromatic carbocycles. The van der Waals surface area contributed by atoms with Crippen molar-refractivity contribution in [3.05, 3.63) is 71.8 Å². The highest BCUT2D eigenvalue weighted by Gasteiger charge is 2.10. The summed E-state index contributed by atoms with van der Waals surface area (Å²) in [6.07, 6.45) is 0. The maximum absolute atomic E-state index is 6.04. The fourth-order valence-corrected chi connectivity index (χ4v) is 2.30. The van der Waals surface area contributed by atoms with Gasteiger partial charge in [-0.1, -0.05) is 54.1 Å². The van der Waals surface area contributed by atoms with Gasteiger partial charge in [-0.3, -0.25) is 0 Å². The zero-order chi connectivity index (χ0) is 13.2. The maximum Gasteiger partial charge on any atom is 0.137 e. The van der Waals surface area contributed by atoms with Gasteiger partial charge in [-0.15, -0.1) is 0 Å². The molecule has 1 nitrogen and oxygen atoms in total. The SMILES string of the molecule is Cc1cccc(-c2cc(C)c(-c3ccccc3)o2)c1. The second-order valence-corrected chi connectivity index (χ2v) is 4.86. The summed E-state index contributed by atoms with van der Waals surface area (Å²) >= 11 is 0. The predicted molar refractivity (Wildman–Crippen MR) is 79.1 cm³/mol. The third-order valence-corrected chi connectivity index (χ3v) is 3.26. The summed E-state index contributed by atoms with van der Waals surface area (Å²) < 4.78 is 6.04. The summed E-state index contributed by atoms with van der Waals surface area (Å²) in [7, 11) is 0. The van der Waals surface area contributed by atoms with Gasteiger partial charge in [0, 0.05) is 11.1 Å². The van der Waals surface area contributed by atoms with Crippen molar-refractivity contribution < 1.29 is 4.42 Å². The molecule has 0 aliphatic carbocycles. The molecular weight excluding hydrogens is 232 g/mol. The van der Waals surface area contributed by atoms with Crippen LogP contribution in [0.3, 0.4) is 0 Å². The molecule has 0 spiro atoms. The standard InChI is InChI=1S/C18H16O/c1-13-7-6-10-16(11-13)17-12-14(2)18(19-17)15-8-4-3-5-9-15/h3-12H,1-2H3. The molecule has 3 aromatic rings. The fraction of sp³-hybridized carbons (Fsp3) is 0.111. The van der Waals surface area contributed by atoms with Crippen LogP contribution in [0.15, 0.2) is 65.1 Å². The van der Waals surface area contributed by atoms with Gasteiger partial charge in [-0.05, 0) is 31.5 Å². The van der Waals surface area contributed by atoms with Crippen LogP contribution in [0, 0.1) is 13.8 Å². The van der Waals surface area contributed by atoms with Gasteiger partial charge in [0.25, 0.3) is 0 Å². The van der Waals surface area contributed by atoms with Crippen LogP contribution in [0.5, 0.6) is 0 Å². The van der Waals surface area contributed by atoms with Crippen molar-refractivity contribution in [1.29, 1.82) is 0 Å². The Morgan fingerprint density at radius 2 is 1.47 bits per heavy atom. The summed E-state index contributed by atoms with van der Waals surface area (Å²) in [6, 6.07) is 20.7. The van der Waals surface area contributed by atoms with E-state index in [0.717, 1.165) is 22.6 Å². The van der Waals surface area contributed by atoms with E-state index in [4.69, 9.17) is 4.42 Å². The van der Waals surface area contributed by atoms with Crippen molar-refractivity contribution in [1.82, 2.24) is 0 Å². The molecule has 0 unspecified atom stereocenters. The largest absolute Gasteiger partial charge is 0.456 e. The molecule has 1 heteroatoms. The van der Waals surface area contributed by atoms with Crippen LogP contribution in [-0.2, 0) is 0 Å². The summed E-state index contributed by atoms with van der Waals surface area (Å²) in [5, 5.41) is 0. The topological polar surface area (TPSA) is 13.1 Å². The normalized spacial score (nSPS) is 10.6. The summed E-state index contributed by atoms with van der Waals surface area (Å²) in [5.41, 5.74) is 4.67. The molecule has 0 amide bonds. The lowest BCUT2D eigenvalue weighted by molar-refractivity contribution is 0.595. The monoisotopic (exact) mass is 248 g/mol. The molecule has 0 bridgehead atoms. The molecule has 0 fully saturated rings. The Balaban J connectivity index is 2.07. The minimum absolute atomic E-state index is 0.931. The van der Waals surface area contributed by atoms with E-state index in [9.17, 15) is 0 Å². The van der Waals surface area contributed by atoms with Gasteiger partial charge < -0.3 is 4.42 Å². The zero-order valence-corrected chi connectivity index (χ0v) is 11.2. The van der Waals surface area contributed by atoms with E-state index in [1.165, 1.54) is 11.1 Å². The van der Waals surface area contributed by atoms with Crippen molar-refractivity contribution in [2.24, 2.45) is 0 Å². The molecule has 0 saturated carbocycles. The third kappa shape index (κ3) is 2.32. The Hall–Kier alpha value is -2.28. The Bertz CT molecular complexity index is 693. The van der Waals surface area contributed by atoms with Crippen LogP contribution in [0.1, 0.15) is 11.1 Å². The van der Waals surface area contributed by atoms with Crippen LogP contribution < -0.4 is 0 Å². The first-order valence-electron chi connectivity index (χ1n) is 6.47. The maximum atomic E-state index is 6.04. The molecular formula is C18H16O. The lowest BCUT2D eigenvalue weighted by Gasteiger charge is -2.00. The lowest BCUT2D eigenvalue weighted by atomic mass is 10.1. The van der Waals surface area contributed by atoms with E-state index in [-0.39, 0.29) is 0 Å². The second kappa shape index (κ2) is 4.77. The van der Waals surface area contributed by atoms with Gasteiger partial charge in [-0.25, -0.2) is 0 Å². The summed E-state index contributed by atoms with van der Waals surface area (Å²) in [5.74, 6) is 1.89. The number of aryl methyl sites for hydroxylation is 2. The smallest absolute Gasteiger partial charge is 0.137 e. The molecule has 0 aliphatic rings. The van der Waals surface area contributed by atoms with Crippen molar-refractivity contribution in [3.8, 4) is 22.6 Å². The van der Waals surface area contributed by atoms with Gasteiger partial charge in [0.15, 0.2) is 0 Å². The minimum Gasteiger partial charge on any atom is -0.456 e. The van der Waals surface area contributed by atoms with Gasteiger partial charge in [-0.2, -0.15) is 0 Å². The third-order valence-electron chi connectivity index (χ3n) is 3.26. The molecule has 1 heterocycles. The number of benzene rings is 2. The van der Waals surface area contributed by atoms with Gasteiger partial charge in [0.1, 0.15) is 11.5 Å². The lowest BCUT2D eigenvalue weighted by Crippen LogP contribution is -1.76. The van der Waals surface area contributed by atoms with Crippen LogP contribution in [0.25, 0.3) is 22.6 Å². The molecule has 0 N–H and O–H groups in total. The van der Waals surface area contributed by atoms with Crippen molar-refractivity contribution >= 4 is 0 Å². The van der Waals surface area contributed by atoms with Crippen LogP contribution >= 0.6 is 0 Å². The molecule has 19 heavy (non-hydrogen) atoms. The predicted octanol–water partition coefficient (Wildman–Crippen LogP) is 5.23. The molecule has 0 atom stereocenters. The van der Waals surface area contributed by atoms with Crippen LogP contribution in [-0.4, -0.2) is 0 Å². The average molecular weight is 248 g/mol. The van der Waals surface area contributed by atoms with Crippen molar-refractivity contribution in [3.63, 3.8) is 0 Å². The van der Waals surface area contributed by atoms with Gasteiger partial charge in [0.05, 0.1) is 0 Å². The van der Waals surface area contributed by atoms with E-state index in [1.54, 1.807) is 0 Å². The quantitative estimate of drug-likeness (QED) is 0.605. The van der Waals surface area contributed by atoms with E-state index in [2.05, 4.69) is 56.3 Å². The van der Waals surface area contributed by atoms with E-state index >= 15 is 0 Å². The average Bonchev–Trinajstić information content (AvgIpc) is 2.82. The van der Waals surface area contributed by atoms with E-state index < -0.39 is 0 Å². The highest BCUT2D eigenvalue weighted by molar-refractivity contribution is 5.68. The molecule has 0 saturated heterocycles. The highest BCUT2D eigenvalue weighted by atomic mass is 16.3. The van der Waals surface area contributed by atoms with Gasteiger partial charge in [0.2, 0.25) is 0 Å². The first-order chi connectivity index (χ1) is 9.24. The van der Waals surface area contributed by atoms with Crippen molar-refractivity contribution in [2.75, 3.05) is 0 Å². The highest BCUT2D eigenvalue weighted by Crippen LogP contribution is 2.32. The number of rotatable bonds is 2. The first-order valence-corrected chi connectivity index (χ1v) is 6.47. The second-order valence-electron chi connectivity index (χ2n) is 4.86. The Morgan fingerprint density at radius 1 is 0.737 bits per heavy atom. The molecule has 0 aliphatic heterocycles. The van der Waals surface area contributed by atoms with Gasteiger partial charge >= 0.3 is 0 Å². The van der Waals surface area contributed by atoms with Crippen molar-refractivity contribution in [2.45, 2.75) is 13.8 Å². The number of furan rings is 1.